The predicted octanol–water partition coefficient (Wildman–Crippen LogP) is 4.10. The molecule has 3 rings (SSSR count). The van der Waals surface area contributed by atoms with E-state index in [0.29, 0.717) is 24.4 Å². The molecule has 0 N–H and O–H groups in total. The van der Waals surface area contributed by atoms with Crippen molar-refractivity contribution < 1.29 is 4.79 Å². The molecule has 1 saturated carbocycles. The summed E-state index contributed by atoms with van der Waals surface area (Å²) in [6, 6.07) is 8.79. The van der Waals surface area contributed by atoms with Gasteiger partial charge in [-0.3, -0.25) is 4.79 Å². The van der Waals surface area contributed by atoms with Gasteiger partial charge in [0.25, 0.3) is 0 Å². The summed E-state index contributed by atoms with van der Waals surface area (Å²) in [5.74, 6) is 0.829. The molecular formula is C17H22ClNOS. The molecule has 2 nitrogen and oxygen atoms in total. The molecule has 114 valence electrons. The summed E-state index contributed by atoms with van der Waals surface area (Å²) < 4.78 is 0. The van der Waals surface area contributed by atoms with Crippen LogP contribution in [0.4, 0.5) is 0 Å². The van der Waals surface area contributed by atoms with E-state index < -0.39 is 0 Å². The molecule has 0 radical (unpaired) electrons. The number of halogens is 1. The lowest BCUT2D eigenvalue weighted by atomic mass is 9.93. The number of amides is 1. The number of hydrogen-bond donors (Lipinski definition) is 0. The molecule has 0 saturated heterocycles. The van der Waals surface area contributed by atoms with E-state index in [0.717, 1.165) is 19.3 Å². The van der Waals surface area contributed by atoms with Gasteiger partial charge in [0.1, 0.15) is 0 Å². The molecule has 1 unspecified atom stereocenters. The number of thioether (sulfide) groups is 1. The van der Waals surface area contributed by atoms with Gasteiger partial charge in [0.05, 0.1) is 5.25 Å². The minimum absolute atomic E-state index is 0.0487. The van der Waals surface area contributed by atoms with Crippen molar-refractivity contribution in [2.24, 2.45) is 0 Å². The fraction of sp³-hybridized carbons (Fsp3) is 0.588. The van der Waals surface area contributed by atoms with Gasteiger partial charge in [-0.25, -0.2) is 0 Å². The summed E-state index contributed by atoms with van der Waals surface area (Å²) in [4.78, 5) is 16.3. The average Bonchev–Trinajstić information content (AvgIpc) is 2.97. The van der Waals surface area contributed by atoms with Crippen LogP contribution in [0.15, 0.2) is 29.2 Å². The first kappa shape index (κ1) is 15.2. The van der Waals surface area contributed by atoms with Crippen molar-refractivity contribution in [1.29, 1.82) is 0 Å². The summed E-state index contributed by atoms with van der Waals surface area (Å²) in [5, 5.41) is 0.0487. The van der Waals surface area contributed by atoms with E-state index in [1.165, 1.54) is 29.7 Å². The van der Waals surface area contributed by atoms with Crippen molar-refractivity contribution in [2.45, 2.75) is 54.7 Å². The van der Waals surface area contributed by atoms with Gasteiger partial charge in [0, 0.05) is 23.4 Å². The van der Waals surface area contributed by atoms with Gasteiger partial charge in [0.15, 0.2) is 0 Å². The monoisotopic (exact) mass is 323 g/mol. The van der Waals surface area contributed by atoms with Gasteiger partial charge in [-0.15, -0.1) is 23.4 Å². The summed E-state index contributed by atoms with van der Waals surface area (Å²) in [6.07, 6.45) is 6.96. The molecule has 1 heterocycles. The molecule has 1 fully saturated rings. The van der Waals surface area contributed by atoms with Crippen LogP contribution < -0.4 is 0 Å². The summed E-state index contributed by atoms with van der Waals surface area (Å²) in [7, 11) is 0. The number of hydrogen-bond acceptors (Lipinski definition) is 2. The van der Waals surface area contributed by atoms with Crippen LogP contribution in [0.5, 0.6) is 0 Å². The maximum Gasteiger partial charge on any atom is 0.236 e. The molecule has 0 aromatic heterocycles. The van der Waals surface area contributed by atoms with Crippen LogP contribution in [0.25, 0.3) is 0 Å². The van der Waals surface area contributed by atoms with E-state index in [2.05, 4.69) is 29.2 Å². The molecule has 21 heavy (non-hydrogen) atoms. The number of alkyl halides is 1. The number of carbonyl (C=O) groups is 1. The van der Waals surface area contributed by atoms with E-state index in [9.17, 15) is 4.79 Å². The number of nitrogens with zero attached hydrogens (tertiary/aromatic N) is 1. The van der Waals surface area contributed by atoms with Crippen LogP contribution in [-0.2, 0) is 11.2 Å². The summed E-state index contributed by atoms with van der Waals surface area (Å²) in [5.41, 5.74) is 1.32. The van der Waals surface area contributed by atoms with Crippen LogP contribution in [-0.4, -0.2) is 34.5 Å². The van der Waals surface area contributed by atoms with Crippen molar-refractivity contribution >= 4 is 29.3 Å². The third-order valence-electron chi connectivity index (χ3n) is 4.55. The van der Waals surface area contributed by atoms with E-state index in [1.807, 2.05) is 0 Å². The van der Waals surface area contributed by atoms with Crippen LogP contribution in [0, 0.1) is 0 Å². The first-order chi connectivity index (χ1) is 10.3. The van der Waals surface area contributed by atoms with E-state index in [-0.39, 0.29) is 5.25 Å². The Kier molecular flexibility index (Phi) is 5.12. The Balaban J connectivity index is 1.70. The van der Waals surface area contributed by atoms with Gasteiger partial charge in [-0.05, 0) is 30.9 Å². The van der Waals surface area contributed by atoms with E-state index in [4.69, 9.17) is 11.6 Å². The number of carbonyl (C=O) groups excluding carboxylic acids is 1. The lowest BCUT2D eigenvalue weighted by Crippen LogP contribution is -2.46. The molecule has 1 aromatic carbocycles. The van der Waals surface area contributed by atoms with Crippen LogP contribution >= 0.6 is 23.4 Å². The second kappa shape index (κ2) is 7.06. The van der Waals surface area contributed by atoms with E-state index >= 15 is 0 Å². The fourth-order valence-electron chi connectivity index (χ4n) is 3.46. The Hall–Kier alpha value is -0.670. The van der Waals surface area contributed by atoms with Crippen molar-refractivity contribution in [3.05, 3.63) is 29.8 Å². The van der Waals surface area contributed by atoms with Gasteiger partial charge < -0.3 is 4.90 Å². The van der Waals surface area contributed by atoms with Crippen LogP contribution in [0.3, 0.4) is 0 Å². The highest BCUT2D eigenvalue weighted by Gasteiger charge is 2.34. The number of rotatable bonds is 4. The Bertz CT molecular complexity index is 476. The maximum atomic E-state index is 12.9. The van der Waals surface area contributed by atoms with Crippen molar-refractivity contribution in [3.63, 3.8) is 0 Å². The van der Waals surface area contributed by atoms with Gasteiger partial charge in [0.2, 0.25) is 5.91 Å². The Labute approximate surface area is 136 Å². The van der Waals surface area contributed by atoms with Gasteiger partial charge in [-0.1, -0.05) is 37.5 Å². The highest BCUT2D eigenvalue weighted by molar-refractivity contribution is 8.01. The third-order valence-corrected chi connectivity index (χ3v) is 6.02. The zero-order valence-electron chi connectivity index (χ0n) is 12.3. The van der Waals surface area contributed by atoms with Gasteiger partial charge in [-0.2, -0.15) is 0 Å². The van der Waals surface area contributed by atoms with Crippen LogP contribution in [0.1, 0.15) is 37.7 Å². The largest absolute Gasteiger partial charge is 0.338 e. The predicted molar refractivity (Wildman–Crippen MR) is 89.1 cm³/mol. The quantitative estimate of drug-likeness (QED) is 0.777. The highest BCUT2D eigenvalue weighted by Crippen LogP contribution is 2.38. The lowest BCUT2D eigenvalue weighted by Gasteiger charge is -2.35. The Morgan fingerprint density at radius 3 is 2.71 bits per heavy atom. The van der Waals surface area contributed by atoms with Crippen molar-refractivity contribution in [1.82, 2.24) is 4.90 Å². The second-order valence-corrected chi connectivity index (χ2v) is 7.55. The standard InChI is InChI=1S/C17H22ClNOS/c18-10-11-19(14-7-2-1-3-8-14)17(20)16-12-13-6-4-5-9-15(13)21-16/h4-6,9,14,16H,1-3,7-8,10-12H2. The Morgan fingerprint density at radius 2 is 2.00 bits per heavy atom. The van der Waals surface area contributed by atoms with Crippen molar-refractivity contribution in [3.8, 4) is 0 Å². The molecule has 0 bridgehead atoms. The average molecular weight is 324 g/mol. The SMILES string of the molecule is O=C(C1Cc2ccccc2S1)N(CCCl)C1CCCCC1. The first-order valence-corrected chi connectivity index (χ1v) is 9.32. The molecule has 4 heteroatoms. The van der Waals surface area contributed by atoms with Crippen molar-refractivity contribution in [2.75, 3.05) is 12.4 Å². The molecule has 0 spiro atoms. The highest BCUT2D eigenvalue weighted by atomic mass is 35.5. The maximum absolute atomic E-state index is 12.9. The van der Waals surface area contributed by atoms with Gasteiger partial charge >= 0.3 is 0 Å². The zero-order valence-corrected chi connectivity index (χ0v) is 13.8. The molecule has 1 aromatic rings. The summed E-state index contributed by atoms with van der Waals surface area (Å²) in [6.45, 7) is 0.693. The number of benzene rings is 1. The molecule has 1 amide bonds. The summed E-state index contributed by atoms with van der Waals surface area (Å²) >= 11 is 7.68. The smallest absolute Gasteiger partial charge is 0.236 e. The lowest BCUT2D eigenvalue weighted by molar-refractivity contribution is -0.133. The molecule has 1 aliphatic heterocycles. The molecule has 1 atom stereocenters. The zero-order chi connectivity index (χ0) is 14.7. The number of fused-ring (bicyclic) bond motifs is 1. The normalized spacial score (nSPS) is 22.0. The first-order valence-electron chi connectivity index (χ1n) is 7.90. The minimum atomic E-state index is 0.0487. The van der Waals surface area contributed by atoms with E-state index in [1.54, 1.807) is 11.8 Å². The van der Waals surface area contributed by atoms with Crippen LogP contribution in [0.2, 0.25) is 0 Å². The molecule has 1 aliphatic carbocycles. The third kappa shape index (κ3) is 3.40. The molecule has 2 aliphatic rings. The fourth-order valence-corrected chi connectivity index (χ4v) is 4.91. The second-order valence-electron chi connectivity index (χ2n) is 5.93. The minimum Gasteiger partial charge on any atom is -0.338 e. The Morgan fingerprint density at radius 1 is 1.24 bits per heavy atom. The topological polar surface area (TPSA) is 20.3 Å². The molecular weight excluding hydrogens is 302 g/mol.